The molecular weight excluding hydrogens is 511 g/mol. The van der Waals surface area contributed by atoms with Gasteiger partial charge in [-0.25, -0.2) is 14.4 Å². The Kier molecular flexibility index (Phi) is 6.40. The minimum absolute atomic E-state index is 0.134. The third-order valence-corrected chi connectivity index (χ3v) is 6.34. The first-order valence-electron chi connectivity index (χ1n) is 12.5. The number of H-pyrrole nitrogens is 2. The van der Waals surface area contributed by atoms with Crippen molar-refractivity contribution >= 4 is 33.7 Å². The number of carbonyl (C=O) groups excluding carboxylic acids is 1. The number of nitrogens with one attached hydrogen (secondary N) is 3. The zero-order valence-electron chi connectivity index (χ0n) is 22.0. The molecule has 0 bridgehead atoms. The molecule has 0 atom stereocenters. The first kappa shape index (κ1) is 25.1. The molecule has 1 amide bonds. The standard InChI is InChI=1S/C29H25FN8O2/c1-38(2)15-25(39)32-19-10-17(13-31-14-19)22-7-8-24-27(33-22)28(37-36-24)29-34-23-6-4-5-21(26(23)35-29)16-9-18(30)12-20(11-16)40-3/h4-14H,15H2,1-3H3,(H,32,39)(H,34,35)(H,36,37). The number of para-hydroxylation sites is 1. The molecule has 4 aromatic heterocycles. The highest BCUT2D eigenvalue weighted by Crippen LogP contribution is 2.33. The second-order valence-electron chi connectivity index (χ2n) is 9.58. The highest BCUT2D eigenvalue weighted by molar-refractivity contribution is 5.97. The van der Waals surface area contributed by atoms with Crippen molar-refractivity contribution in [2.45, 2.75) is 0 Å². The molecule has 200 valence electrons. The Morgan fingerprint density at radius 2 is 1.88 bits per heavy atom. The van der Waals surface area contributed by atoms with E-state index in [1.165, 1.54) is 19.2 Å². The van der Waals surface area contributed by atoms with Crippen LogP contribution in [0.4, 0.5) is 10.1 Å². The van der Waals surface area contributed by atoms with Gasteiger partial charge in [-0.1, -0.05) is 12.1 Å². The van der Waals surface area contributed by atoms with Crippen LogP contribution in [-0.4, -0.2) is 68.7 Å². The first-order valence-corrected chi connectivity index (χ1v) is 12.5. The van der Waals surface area contributed by atoms with Crippen molar-refractivity contribution in [3.63, 3.8) is 0 Å². The van der Waals surface area contributed by atoms with E-state index in [0.29, 0.717) is 45.2 Å². The number of carbonyl (C=O) groups is 1. The van der Waals surface area contributed by atoms with Crippen molar-refractivity contribution in [2.75, 3.05) is 33.1 Å². The van der Waals surface area contributed by atoms with Crippen LogP contribution < -0.4 is 10.1 Å². The molecule has 0 aliphatic rings. The molecule has 0 saturated carbocycles. The maximum absolute atomic E-state index is 14.3. The van der Waals surface area contributed by atoms with Crippen LogP contribution in [0, 0.1) is 5.82 Å². The molecule has 11 heteroatoms. The van der Waals surface area contributed by atoms with Crippen molar-refractivity contribution in [2.24, 2.45) is 0 Å². The maximum Gasteiger partial charge on any atom is 0.238 e. The second kappa shape index (κ2) is 10.2. The highest BCUT2D eigenvalue weighted by Gasteiger charge is 2.18. The summed E-state index contributed by atoms with van der Waals surface area (Å²) in [6.07, 6.45) is 3.29. The van der Waals surface area contributed by atoms with Gasteiger partial charge in [-0.3, -0.25) is 14.9 Å². The Morgan fingerprint density at radius 3 is 2.70 bits per heavy atom. The van der Waals surface area contributed by atoms with Crippen LogP contribution in [0.3, 0.4) is 0 Å². The van der Waals surface area contributed by atoms with Crippen LogP contribution in [-0.2, 0) is 4.79 Å². The lowest BCUT2D eigenvalue weighted by Crippen LogP contribution is -2.27. The van der Waals surface area contributed by atoms with Crippen LogP contribution in [0.1, 0.15) is 0 Å². The van der Waals surface area contributed by atoms with E-state index >= 15 is 0 Å². The third-order valence-electron chi connectivity index (χ3n) is 6.34. The first-order chi connectivity index (χ1) is 19.4. The summed E-state index contributed by atoms with van der Waals surface area (Å²) in [6.45, 7) is 0.263. The Bertz CT molecular complexity index is 1880. The van der Waals surface area contributed by atoms with Crippen LogP contribution in [0.25, 0.3) is 56.0 Å². The van der Waals surface area contributed by atoms with Gasteiger partial charge in [0.25, 0.3) is 0 Å². The molecule has 0 saturated heterocycles. The number of imidazole rings is 1. The van der Waals surface area contributed by atoms with Gasteiger partial charge in [-0.15, -0.1) is 0 Å². The number of aromatic amines is 2. The van der Waals surface area contributed by atoms with Gasteiger partial charge in [0.2, 0.25) is 5.91 Å². The fourth-order valence-corrected chi connectivity index (χ4v) is 4.57. The van der Waals surface area contributed by atoms with E-state index in [4.69, 9.17) is 14.7 Å². The highest BCUT2D eigenvalue weighted by atomic mass is 19.1. The molecule has 4 heterocycles. The van der Waals surface area contributed by atoms with Crippen LogP contribution in [0.2, 0.25) is 0 Å². The van der Waals surface area contributed by atoms with Crippen LogP contribution in [0.5, 0.6) is 5.75 Å². The number of fused-ring (bicyclic) bond motifs is 2. The minimum atomic E-state index is -0.395. The molecule has 3 N–H and O–H groups in total. The SMILES string of the molecule is COc1cc(F)cc(-c2cccc3[nH]c(-c4n[nH]c5ccc(-c6cncc(NC(=O)CN(C)C)c6)nc45)nc23)c1. The average Bonchev–Trinajstić information content (AvgIpc) is 3.56. The summed E-state index contributed by atoms with van der Waals surface area (Å²) in [5, 5.41) is 10.4. The largest absolute Gasteiger partial charge is 0.497 e. The number of nitrogens with zero attached hydrogens (tertiary/aromatic N) is 5. The Hall–Kier alpha value is -5.16. The monoisotopic (exact) mass is 536 g/mol. The number of likely N-dealkylation sites (N-methyl/N-ethyl adjacent to an activating group) is 1. The lowest BCUT2D eigenvalue weighted by atomic mass is 10.0. The number of amides is 1. The molecule has 6 aromatic rings. The van der Waals surface area contributed by atoms with Crippen molar-refractivity contribution in [1.82, 2.24) is 35.0 Å². The van der Waals surface area contributed by atoms with Gasteiger partial charge in [-0.05, 0) is 56.1 Å². The lowest BCUT2D eigenvalue weighted by Gasteiger charge is -2.10. The summed E-state index contributed by atoms with van der Waals surface area (Å²) >= 11 is 0. The number of halogens is 1. The molecule has 0 spiro atoms. The number of anilines is 1. The van der Waals surface area contributed by atoms with Gasteiger partial charge < -0.3 is 19.9 Å². The summed E-state index contributed by atoms with van der Waals surface area (Å²) < 4.78 is 19.5. The molecule has 2 aromatic carbocycles. The number of aromatic nitrogens is 6. The van der Waals surface area contributed by atoms with Crippen molar-refractivity contribution in [1.29, 1.82) is 0 Å². The zero-order chi connectivity index (χ0) is 27.8. The zero-order valence-corrected chi connectivity index (χ0v) is 22.0. The summed E-state index contributed by atoms with van der Waals surface area (Å²) in [5.74, 6) is 0.413. The van der Waals surface area contributed by atoms with E-state index in [9.17, 15) is 9.18 Å². The van der Waals surface area contributed by atoms with Gasteiger partial charge in [0.05, 0.1) is 47.8 Å². The molecule has 0 aliphatic carbocycles. The summed E-state index contributed by atoms with van der Waals surface area (Å²) in [4.78, 5) is 31.3. The fraction of sp³-hybridized carbons (Fsp3) is 0.138. The molecule has 10 nitrogen and oxygen atoms in total. The van der Waals surface area contributed by atoms with Crippen molar-refractivity contribution in [3.05, 3.63) is 72.8 Å². The number of methoxy groups -OCH3 is 1. The third kappa shape index (κ3) is 4.85. The van der Waals surface area contributed by atoms with E-state index in [0.717, 1.165) is 22.2 Å². The number of pyridine rings is 2. The number of hydrogen-bond donors (Lipinski definition) is 3. The Labute approximate surface area is 228 Å². The van der Waals surface area contributed by atoms with Gasteiger partial charge in [0.1, 0.15) is 17.1 Å². The summed E-state index contributed by atoms with van der Waals surface area (Å²) in [7, 11) is 5.16. The number of rotatable bonds is 7. The van der Waals surface area contributed by atoms with E-state index in [2.05, 4.69) is 25.5 Å². The van der Waals surface area contributed by atoms with Crippen LogP contribution >= 0.6 is 0 Å². The smallest absolute Gasteiger partial charge is 0.238 e. The van der Waals surface area contributed by atoms with Gasteiger partial charge in [0.15, 0.2) is 11.5 Å². The predicted octanol–water partition coefficient (Wildman–Crippen LogP) is 4.88. The quantitative estimate of drug-likeness (QED) is 0.266. The fourth-order valence-electron chi connectivity index (χ4n) is 4.57. The molecular formula is C29H25FN8O2. The van der Waals surface area contributed by atoms with Gasteiger partial charge in [-0.2, -0.15) is 5.10 Å². The maximum atomic E-state index is 14.3. The van der Waals surface area contributed by atoms with E-state index in [-0.39, 0.29) is 12.5 Å². The molecule has 0 fully saturated rings. The van der Waals surface area contributed by atoms with E-state index < -0.39 is 5.82 Å². The van der Waals surface area contributed by atoms with Gasteiger partial charge in [0, 0.05) is 23.4 Å². The predicted molar refractivity (Wildman–Crippen MR) is 151 cm³/mol. The normalized spacial score (nSPS) is 11.4. The van der Waals surface area contributed by atoms with Crippen LogP contribution in [0.15, 0.2) is 67.0 Å². The number of ether oxygens (including phenoxy) is 1. The number of hydrogen-bond acceptors (Lipinski definition) is 7. The second-order valence-corrected chi connectivity index (χ2v) is 9.58. The molecule has 0 unspecified atom stereocenters. The molecule has 6 rings (SSSR count). The summed E-state index contributed by atoms with van der Waals surface area (Å²) in [5.41, 5.74) is 6.72. The Balaban J connectivity index is 1.38. The lowest BCUT2D eigenvalue weighted by molar-refractivity contribution is -0.116. The Morgan fingerprint density at radius 1 is 1.00 bits per heavy atom. The minimum Gasteiger partial charge on any atom is -0.497 e. The topological polar surface area (TPSA) is 125 Å². The van der Waals surface area contributed by atoms with Crippen molar-refractivity contribution < 1.29 is 13.9 Å². The summed E-state index contributed by atoms with van der Waals surface area (Å²) in [6, 6.07) is 15.8. The average molecular weight is 537 g/mol. The number of benzene rings is 2. The molecule has 0 radical (unpaired) electrons. The molecule has 0 aliphatic heterocycles. The van der Waals surface area contributed by atoms with Crippen molar-refractivity contribution in [3.8, 4) is 39.7 Å². The van der Waals surface area contributed by atoms with Gasteiger partial charge >= 0.3 is 0 Å². The van der Waals surface area contributed by atoms with E-state index in [1.807, 2.05) is 50.5 Å². The molecule has 40 heavy (non-hydrogen) atoms. The van der Waals surface area contributed by atoms with E-state index in [1.54, 1.807) is 23.4 Å².